The quantitative estimate of drug-likeness (QED) is 0.786. The van der Waals surface area contributed by atoms with Crippen molar-refractivity contribution in [3.63, 3.8) is 0 Å². The normalized spacial score (nSPS) is 10.1. The number of fused-ring (bicyclic) bond motifs is 1. The molecule has 0 aliphatic rings. The van der Waals surface area contributed by atoms with Crippen LogP contribution in [0.1, 0.15) is 11.3 Å². The third-order valence-corrected chi connectivity index (χ3v) is 2.25. The Balaban J connectivity index is 0.000000980. The van der Waals surface area contributed by atoms with E-state index in [9.17, 15) is 0 Å². The molecule has 0 aliphatic heterocycles. The van der Waals surface area contributed by atoms with Crippen molar-refractivity contribution >= 4 is 23.3 Å². The zero-order valence-corrected chi connectivity index (χ0v) is 9.03. The fraction of sp³-hybridized carbons (Fsp3) is 0.273. The van der Waals surface area contributed by atoms with E-state index in [1.807, 2.05) is 0 Å². The highest BCUT2D eigenvalue weighted by Gasteiger charge is 1.99. The average molecular weight is 211 g/mol. The molecule has 76 valence electrons. The van der Waals surface area contributed by atoms with Gasteiger partial charge in [-0.25, -0.2) is 0 Å². The van der Waals surface area contributed by atoms with Crippen molar-refractivity contribution in [2.45, 2.75) is 13.3 Å². The van der Waals surface area contributed by atoms with Crippen LogP contribution in [0.5, 0.6) is 0 Å². The Kier molecular flexibility index (Phi) is 3.55. The van der Waals surface area contributed by atoms with Gasteiger partial charge in [0.05, 0.1) is 0 Å². The topological polar surface area (TPSA) is 41.8 Å². The summed E-state index contributed by atoms with van der Waals surface area (Å²) in [6, 6.07) is 8.59. The first-order valence-electron chi connectivity index (χ1n) is 4.58. The van der Waals surface area contributed by atoms with Crippen molar-refractivity contribution in [3.8, 4) is 0 Å². The number of nitrogens with one attached hydrogen (secondary N) is 1. The predicted molar refractivity (Wildman–Crippen MR) is 63.0 cm³/mol. The molecule has 0 unspecified atom stereocenters. The molecule has 0 bridgehead atoms. The van der Waals surface area contributed by atoms with E-state index >= 15 is 0 Å². The first-order valence-corrected chi connectivity index (χ1v) is 4.58. The number of hydrogen-bond donors (Lipinski definition) is 2. The molecule has 0 amide bonds. The highest BCUT2D eigenvalue weighted by molar-refractivity contribution is 5.85. The van der Waals surface area contributed by atoms with Gasteiger partial charge in [-0.15, -0.1) is 12.4 Å². The van der Waals surface area contributed by atoms with E-state index in [2.05, 4.69) is 36.2 Å². The summed E-state index contributed by atoms with van der Waals surface area (Å²) >= 11 is 0. The second kappa shape index (κ2) is 4.49. The highest BCUT2D eigenvalue weighted by atomic mass is 35.5. The molecule has 0 radical (unpaired) electrons. The number of hydrogen-bond acceptors (Lipinski definition) is 1. The van der Waals surface area contributed by atoms with Crippen molar-refractivity contribution in [1.82, 2.24) is 4.98 Å². The lowest BCUT2D eigenvalue weighted by atomic mass is 10.2. The number of rotatable bonds is 2. The first-order chi connectivity index (χ1) is 6.29. The fourth-order valence-corrected chi connectivity index (χ4v) is 1.60. The van der Waals surface area contributed by atoms with Gasteiger partial charge in [0.2, 0.25) is 0 Å². The van der Waals surface area contributed by atoms with Gasteiger partial charge in [0.25, 0.3) is 0 Å². The second-order valence-electron chi connectivity index (χ2n) is 3.42. The predicted octanol–water partition coefficient (Wildman–Crippen LogP) is 2.40. The molecule has 1 aromatic heterocycles. The molecule has 1 heterocycles. The Morgan fingerprint density at radius 1 is 1.29 bits per heavy atom. The Hall–Kier alpha value is -0.990. The van der Waals surface area contributed by atoms with Crippen LogP contribution >= 0.6 is 12.4 Å². The van der Waals surface area contributed by atoms with Crippen molar-refractivity contribution < 1.29 is 0 Å². The van der Waals surface area contributed by atoms with Gasteiger partial charge in [-0.05, 0) is 43.5 Å². The molecule has 0 aliphatic carbocycles. The lowest BCUT2D eigenvalue weighted by Gasteiger charge is -1.91. The van der Waals surface area contributed by atoms with Crippen LogP contribution in [0.4, 0.5) is 0 Å². The molecule has 14 heavy (non-hydrogen) atoms. The van der Waals surface area contributed by atoms with E-state index < -0.39 is 0 Å². The van der Waals surface area contributed by atoms with E-state index in [1.54, 1.807) is 0 Å². The molecule has 3 heteroatoms. The molecule has 0 saturated heterocycles. The van der Waals surface area contributed by atoms with Gasteiger partial charge in [0.1, 0.15) is 0 Å². The van der Waals surface area contributed by atoms with E-state index in [4.69, 9.17) is 5.73 Å². The van der Waals surface area contributed by atoms with Gasteiger partial charge in [-0.1, -0.05) is 11.6 Å². The lowest BCUT2D eigenvalue weighted by molar-refractivity contribution is 0.940. The number of halogens is 1. The smallest absolute Gasteiger partial charge is 0.0456 e. The molecule has 2 aromatic rings. The molecule has 2 nitrogen and oxygen atoms in total. The van der Waals surface area contributed by atoms with Gasteiger partial charge in [-0.2, -0.15) is 0 Å². The molecule has 2 rings (SSSR count). The van der Waals surface area contributed by atoms with Gasteiger partial charge in [0.15, 0.2) is 0 Å². The summed E-state index contributed by atoms with van der Waals surface area (Å²) in [5, 5.41) is 1.28. The van der Waals surface area contributed by atoms with Crippen LogP contribution in [0.2, 0.25) is 0 Å². The van der Waals surface area contributed by atoms with Crippen LogP contribution in [-0.4, -0.2) is 11.5 Å². The van der Waals surface area contributed by atoms with Crippen LogP contribution in [0.15, 0.2) is 24.3 Å². The Morgan fingerprint density at radius 2 is 2.07 bits per heavy atom. The van der Waals surface area contributed by atoms with Crippen molar-refractivity contribution in [1.29, 1.82) is 0 Å². The number of H-pyrrole nitrogens is 1. The molecule has 0 fully saturated rings. The SMILES string of the molecule is Cc1ccc2[nH]c(CCN)cc2c1.Cl. The minimum absolute atomic E-state index is 0. The monoisotopic (exact) mass is 210 g/mol. The zero-order chi connectivity index (χ0) is 9.26. The minimum Gasteiger partial charge on any atom is -0.358 e. The third kappa shape index (κ3) is 2.08. The van der Waals surface area contributed by atoms with E-state index in [0.717, 1.165) is 6.42 Å². The number of aromatic amines is 1. The first kappa shape index (κ1) is 11.1. The van der Waals surface area contributed by atoms with E-state index in [-0.39, 0.29) is 12.4 Å². The van der Waals surface area contributed by atoms with Crippen LogP contribution in [-0.2, 0) is 6.42 Å². The summed E-state index contributed by atoms with van der Waals surface area (Å²) in [6.45, 7) is 2.81. The van der Waals surface area contributed by atoms with Crippen LogP contribution in [0.25, 0.3) is 10.9 Å². The third-order valence-electron chi connectivity index (χ3n) is 2.25. The summed E-state index contributed by atoms with van der Waals surface area (Å²) in [5.74, 6) is 0. The molecular weight excluding hydrogens is 196 g/mol. The summed E-state index contributed by atoms with van der Waals surface area (Å²) in [4.78, 5) is 3.34. The Labute approximate surface area is 89.9 Å². The molecular formula is C11H15ClN2. The number of aromatic nitrogens is 1. The Morgan fingerprint density at radius 3 is 2.79 bits per heavy atom. The maximum absolute atomic E-state index is 5.49. The van der Waals surface area contributed by atoms with Crippen LogP contribution in [0.3, 0.4) is 0 Å². The van der Waals surface area contributed by atoms with Gasteiger partial charge >= 0.3 is 0 Å². The van der Waals surface area contributed by atoms with Crippen molar-refractivity contribution in [2.75, 3.05) is 6.54 Å². The highest BCUT2D eigenvalue weighted by Crippen LogP contribution is 2.16. The Bertz CT molecular complexity index is 420. The van der Waals surface area contributed by atoms with Crippen LogP contribution in [0, 0.1) is 6.92 Å². The van der Waals surface area contributed by atoms with Gasteiger partial charge in [0, 0.05) is 11.2 Å². The lowest BCUT2D eigenvalue weighted by Crippen LogP contribution is -2.02. The molecule has 1 aromatic carbocycles. The maximum atomic E-state index is 5.49. The molecule has 3 N–H and O–H groups in total. The van der Waals surface area contributed by atoms with E-state index in [0.29, 0.717) is 6.54 Å². The zero-order valence-electron chi connectivity index (χ0n) is 8.21. The van der Waals surface area contributed by atoms with Gasteiger partial charge in [-0.3, -0.25) is 0 Å². The summed E-state index contributed by atoms with van der Waals surface area (Å²) in [7, 11) is 0. The second-order valence-corrected chi connectivity index (χ2v) is 3.42. The standard InChI is InChI=1S/C11H14N2.ClH/c1-8-2-3-11-9(6-8)7-10(13-11)4-5-12;/h2-3,6-7,13H,4-5,12H2,1H3;1H. The summed E-state index contributed by atoms with van der Waals surface area (Å²) in [5.41, 5.74) is 9.22. The maximum Gasteiger partial charge on any atom is 0.0456 e. The summed E-state index contributed by atoms with van der Waals surface area (Å²) in [6.07, 6.45) is 0.924. The number of nitrogens with two attached hydrogens (primary N) is 1. The van der Waals surface area contributed by atoms with Crippen LogP contribution < -0.4 is 5.73 Å². The largest absolute Gasteiger partial charge is 0.358 e. The molecule has 0 spiro atoms. The average Bonchev–Trinajstić information content (AvgIpc) is 2.46. The van der Waals surface area contributed by atoms with E-state index in [1.165, 1.54) is 22.2 Å². The molecule has 0 atom stereocenters. The van der Waals surface area contributed by atoms with Crippen molar-refractivity contribution in [3.05, 3.63) is 35.5 Å². The summed E-state index contributed by atoms with van der Waals surface area (Å²) < 4.78 is 0. The number of benzene rings is 1. The fourth-order valence-electron chi connectivity index (χ4n) is 1.60. The number of aryl methyl sites for hydroxylation is 1. The van der Waals surface area contributed by atoms with Crippen molar-refractivity contribution in [2.24, 2.45) is 5.73 Å². The van der Waals surface area contributed by atoms with Gasteiger partial charge < -0.3 is 10.7 Å². The molecule has 0 saturated carbocycles. The minimum atomic E-state index is 0.